The second-order valence-electron chi connectivity index (χ2n) is 6.18. The summed E-state index contributed by atoms with van der Waals surface area (Å²) in [6.07, 6.45) is 5.82. The highest BCUT2D eigenvalue weighted by molar-refractivity contribution is 4.97. The van der Waals surface area contributed by atoms with E-state index in [2.05, 4.69) is 27.3 Å². The van der Waals surface area contributed by atoms with Crippen molar-refractivity contribution in [3.63, 3.8) is 0 Å². The fourth-order valence-electron chi connectivity index (χ4n) is 3.45. The number of piperidine rings is 2. The number of hydrogen-bond donors (Lipinski definition) is 1. The molecule has 0 saturated carbocycles. The number of rotatable bonds is 4. The Balaban J connectivity index is 1.56. The van der Waals surface area contributed by atoms with Crippen molar-refractivity contribution in [3.8, 4) is 0 Å². The lowest BCUT2D eigenvalue weighted by Gasteiger charge is -2.31. The highest BCUT2D eigenvalue weighted by atomic mass is 16.5. The van der Waals surface area contributed by atoms with Gasteiger partial charge < -0.3 is 14.7 Å². The maximum Gasteiger partial charge on any atom is 0.229 e. The third-order valence-corrected chi connectivity index (χ3v) is 4.69. The fourth-order valence-corrected chi connectivity index (χ4v) is 3.45. The number of likely N-dealkylation sites (tertiary alicyclic amines) is 1. The van der Waals surface area contributed by atoms with Crippen LogP contribution in [0.1, 0.15) is 50.2 Å². The van der Waals surface area contributed by atoms with Crippen molar-refractivity contribution >= 4 is 0 Å². The molecule has 0 spiro atoms. The Hall–Kier alpha value is -0.940. The molecular weight excluding hydrogens is 252 g/mol. The third kappa shape index (κ3) is 3.38. The van der Waals surface area contributed by atoms with Gasteiger partial charge in [-0.1, -0.05) is 12.1 Å². The minimum absolute atomic E-state index is 0.469. The Labute approximate surface area is 121 Å². The Kier molecular flexibility index (Phi) is 4.68. The van der Waals surface area contributed by atoms with Crippen LogP contribution in [0.5, 0.6) is 0 Å². The first kappa shape index (κ1) is 14.0. The van der Waals surface area contributed by atoms with Crippen molar-refractivity contribution in [2.75, 3.05) is 32.7 Å². The quantitative estimate of drug-likeness (QED) is 0.910. The van der Waals surface area contributed by atoms with E-state index in [0.29, 0.717) is 11.8 Å². The van der Waals surface area contributed by atoms with E-state index < -0.39 is 0 Å². The molecule has 0 aromatic carbocycles. The zero-order chi connectivity index (χ0) is 13.8. The van der Waals surface area contributed by atoms with Crippen LogP contribution < -0.4 is 5.32 Å². The van der Waals surface area contributed by atoms with E-state index in [1.165, 1.54) is 25.9 Å². The molecule has 1 aromatic heterocycles. The minimum atomic E-state index is 0.469. The summed E-state index contributed by atoms with van der Waals surface area (Å²) < 4.78 is 5.50. The second kappa shape index (κ2) is 6.68. The van der Waals surface area contributed by atoms with E-state index in [-0.39, 0.29) is 0 Å². The van der Waals surface area contributed by atoms with Crippen LogP contribution in [-0.4, -0.2) is 47.8 Å². The lowest BCUT2D eigenvalue weighted by Crippen LogP contribution is -2.36. The van der Waals surface area contributed by atoms with Crippen molar-refractivity contribution in [2.24, 2.45) is 5.92 Å². The fraction of sp³-hybridized carbons (Fsp3) is 0.867. The van der Waals surface area contributed by atoms with Crippen molar-refractivity contribution in [1.29, 1.82) is 0 Å². The second-order valence-corrected chi connectivity index (χ2v) is 6.18. The summed E-state index contributed by atoms with van der Waals surface area (Å²) in [5, 5.41) is 7.58. The Morgan fingerprint density at radius 1 is 1.30 bits per heavy atom. The smallest absolute Gasteiger partial charge is 0.229 e. The SMILES string of the molecule is CCN1CCCC(Cc2noc(C3CCNCC3)n2)C1. The topological polar surface area (TPSA) is 54.2 Å². The van der Waals surface area contributed by atoms with Gasteiger partial charge in [-0.25, -0.2) is 0 Å². The van der Waals surface area contributed by atoms with E-state index in [1.54, 1.807) is 0 Å². The maximum absolute atomic E-state index is 5.50. The van der Waals surface area contributed by atoms with Crippen LogP contribution in [0, 0.1) is 5.92 Å². The molecule has 1 aromatic rings. The standard InChI is InChI=1S/C15H26N4O/c1-2-19-9-3-4-12(11-19)10-14-17-15(20-18-14)13-5-7-16-8-6-13/h12-13,16H,2-11H2,1H3. The highest BCUT2D eigenvalue weighted by Gasteiger charge is 2.24. The Morgan fingerprint density at radius 3 is 2.95 bits per heavy atom. The predicted octanol–water partition coefficient (Wildman–Crippen LogP) is 1.81. The van der Waals surface area contributed by atoms with Crippen molar-refractivity contribution in [1.82, 2.24) is 20.4 Å². The van der Waals surface area contributed by atoms with Crippen LogP contribution in [0.25, 0.3) is 0 Å². The van der Waals surface area contributed by atoms with Crippen molar-refractivity contribution in [3.05, 3.63) is 11.7 Å². The van der Waals surface area contributed by atoms with Gasteiger partial charge in [0.15, 0.2) is 5.82 Å². The predicted molar refractivity (Wildman–Crippen MR) is 77.7 cm³/mol. The summed E-state index contributed by atoms with van der Waals surface area (Å²) in [5.74, 6) is 2.95. The molecule has 2 aliphatic heterocycles. The van der Waals surface area contributed by atoms with E-state index in [9.17, 15) is 0 Å². The van der Waals surface area contributed by atoms with Gasteiger partial charge >= 0.3 is 0 Å². The average Bonchev–Trinajstić information content (AvgIpc) is 2.97. The van der Waals surface area contributed by atoms with Crippen LogP contribution in [-0.2, 0) is 6.42 Å². The van der Waals surface area contributed by atoms with Gasteiger partial charge in [-0.15, -0.1) is 0 Å². The number of hydrogen-bond acceptors (Lipinski definition) is 5. The van der Waals surface area contributed by atoms with Gasteiger partial charge in [0, 0.05) is 18.9 Å². The van der Waals surface area contributed by atoms with Gasteiger partial charge in [-0.3, -0.25) is 0 Å². The molecule has 1 unspecified atom stereocenters. The lowest BCUT2D eigenvalue weighted by molar-refractivity contribution is 0.180. The van der Waals surface area contributed by atoms with Gasteiger partial charge in [0.25, 0.3) is 0 Å². The van der Waals surface area contributed by atoms with Crippen molar-refractivity contribution in [2.45, 2.75) is 44.9 Å². The van der Waals surface area contributed by atoms with Crippen LogP contribution in [0.3, 0.4) is 0 Å². The van der Waals surface area contributed by atoms with Gasteiger partial charge in [-0.05, 0) is 57.8 Å². The molecule has 2 saturated heterocycles. The third-order valence-electron chi connectivity index (χ3n) is 4.69. The van der Waals surface area contributed by atoms with Crippen LogP contribution in [0.2, 0.25) is 0 Å². The molecule has 2 fully saturated rings. The normalized spacial score (nSPS) is 25.9. The maximum atomic E-state index is 5.50. The largest absolute Gasteiger partial charge is 0.339 e. The number of nitrogens with zero attached hydrogens (tertiary/aromatic N) is 3. The zero-order valence-electron chi connectivity index (χ0n) is 12.5. The molecule has 0 amide bonds. The molecule has 5 heteroatoms. The van der Waals surface area contributed by atoms with E-state index in [4.69, 9.17) is 4.52 Å². The first-order valence-corrected chi connectivity index (χ1v) is 8.10. The summed E-state index contributed by atoms with van der Waals surface area (Å²) >= 11 is 0. The molecule has 112 valence electrons. The molecule has 3 heterocycles. The molecule has 5 nitrogen and oxygen atoms in total. The molecule has 0 bridgehead atoms. The number of nitrogens with one attached hydrogen (secondary N) is 1. The summed E-state index contributed by atoms with van der Waals surface area (Å²) in [7, 11) is 0. The summed E-state index contributed by atoms with van der Waals surface area (Å²) in [5.41, 5.74) is 0. The number of aromatic nitrogens is 2. The summed E-state index contributed by atoms with van der Waals surface area (Å²) in [4.78, 5) is 7.18. The van der Waals surface area contributed by atoms with Crippen molar-refractivity contribution < 1.29 is 4.52 Å². The van der Waals surface area contributed by atoms with Crippen LogP contribution in [0.4, 0.5) is 0 Å². The Morgan fingerprint density at radius 2 is 2.15 bits per heavy atom. The van der Waals surface area contributed by atoms with Gasteiger partial charge in [0.2, 0.25) is 5.89 Å². The van der Waals surface area contributed by atoms with Gasteiger partial charge in [-0.2, -0.15) is 4.98 Å². The van der Waals surface area contributed by atoms with Crippen LogP contribution in [0.15, 0.2) is 4.52 Å². The molecule has 0 radical (unpaired) electrons. The molecular formula is C15H26N4O. The molecule has 3 rings (SSSR count). The summed E-state index contributed by atoms with van der Waals surface area (Å²) in [6.45, 7) is 7.97. The first-order valence-electron chi connectivity index (χ1n) is 8.10. The zero-order valence-corrected chi connectivity index (χ0v) is 12.5. The molecule has 20 heavy (non-hydrogen) atoms. The van der Waals surface area contributed by atoms with E-state index in [0.717, 1.165) is 50.6 Å². The van der Waals surface area contributed by atoms with Crippen LogP contribution >= 0.6 is 0 Å². The highest BCUT2D eigenvalue weighted by Crippen LogP contribution is 2.25. The van der Waals surface area contributed by atoms with Gasteiger partial charge in [0.1, 0.15) is 0 Å². The average molecular weight is 278 g/mol. The minimum Gasteiger partial charge on any atom is -0.339 e. The molecule has 2 aliphatic rings. The molecule has 0 aliphatic carbocycles. The summed E-state index contributed by atoms with van der Waals surface area (Å²) in [6, 6.07) is 0. The molecule has 1 N–H and O–H groups in total. The van der Waals surface area contributed by atoms with E-state index >= 15 is 0 Å². The first-order chi connectivity index (χ1) is 9.85. The van der Waals surface area contributed by atoms with Gasteiger partial charge in [0.05, 0.1) is 0 Å². The lowest BCUT2D eigenvalue weighted by atomic mass is 9.94. The molecule has 1 atom stereocenters. The van der Waals surface area contributed by atoms with E-state index in [1.807, 2.05) is 0 Å². The Bertz CT molecular complexity index is 414. The monoisotopic (exact) mass is 278 g/mol.